The van der Waals surface area contributed by atoms with Gasteiger partial charge in [0.25, 0.3) is 0 Å². The van der Waals surface area contributed by atoms with Crippen molar-refractivity contribution in [1.29, 1.82) is 0 Å². The number of likely N-dealkylation sites (N-methyl/N-ethyl adjacent to an activating group) is 1. The molecule has 1 aromatic carbocycles. The summed E-state index contributed by atoms with van der Waals surface area (Å²) in [6, 6.07) is 5.93. The molecule has 2 N–H and O–H groups in total. The Morgan fingerprint density at radius 1 is 1.44 bits per heavy atom. The summed E-state index contributed by atoms with van der Waals surface area (Å²) in [5, 5.41) is 14.1. The highest BCUT2D eigenvalue weighted by Gasteiger charge is 2.21. The molecule has 0 saturated heterocycles. The van der Waals surface area contributed by atoms with Gasteiger partial charge < -0.3 is 10.4 Å². The summed E-state index contributed by atoms with van der Waals surface area (Å²) in [4.78, 5) is 0. The summed E-state index contributed by atoms with van der Waals surface area (Å²) in [6.07, 6.45) is 0.569. The third-order valence-electron chi connectivity index (χ3n) is 2.54. The van der Waals surface area contributed by atoms with Gasteiger partial charge in [0, 0.05) is 18.0 Å². The normalized spacial score (nSPS) is 14.8. The smallest absolute Gasteiger partial charge is 0.0784 e. The Balaban J connectivity index is 2.71. The molecule has 1 atom stereocenters. The quantitative estimate of drug-likeness (QED) is 0.831. The van der Waals surface area contributed by atoms with Gasteiger partial charge in [-0.3, -0.25) is 0 Å². The third-order valence-corrected chi connectivity index (χ3v) is 2.89. The molecule has 0 aliphatic rings. The van der Waals surface area contributed by atoms with Gasteiger partial charge in [-0.25, -0.2) is 0 Å². The summed E-state index contributed by atoms with van der Waals surface area (Å²) in [5.74, 6) is 0. The molecule has 3 heteroatoms. The standard InChI is InChI=1S/C13H20ClNO/c1-4-15-9-13(3,16)8-11-6-5-10(2)7-12(11)14/h5-7,15-16H,4,8-9H2,1-3H3. The van der Waals surface area contributed by atoms with E-state index < -0.39 is 5.60 Å². The van der Waals surface area contributed by atoms with Crippen LogP contribution in [0, 0.1) is 6.92 Å². The number of halogens is 1. The van der Waals surface area contributed by atoms with Gasteiger partial charge in [0.1, 0.15) is 0 Å². The number of nitrogens with one attached hydrogen (secondary N) is 1. The molecule has 0 amide bonds. The predicted octanol–water partition coefficient (Wildman–Crippen LogP) is 2.55. The number of hydrogen-bond donors (Lipinski definition) is 2. The maximum atomic E-state index is 10.2. The largest absolute Gasteiger partial charge is 0.389 e. The van der Waals surface area contributed by atoms with Gasteiger partial charge in [-0.2, -0.15) is 0 Å². The van der Waals surface area contributed by atoms with Crippen molar-refractivity contribution in [1.82, 2.24) is 5.32 Å². The van der Waals surface area contributed by atoms with Gasteiger partial charge in [0.2, 0.25) is 0 Å². The van der Waals surface area contributed by atoms with Crippen molar-refractivity contribution in [2.45, 2.75) is 32.8 Å². The minimum absolute atomic E-state index is 0.569. The number of benzene rings is 1. The maximum Gasteiger partial charge on any atom is 0.0784 e. The van der Waals surface area contributed by atoms with E-state index >= 15 is 0 Å². The minimum atomic E-state index is -0.755. The topological polar surface area (TPSA) is 32.3 Å². The van der Waals surface area contributed by atoms with Gasteiger partial charge in [0.05, 0.1) is 5.60 Å². The van der Waals surface area contributed by atoms with Crippen LogP contribution in [-0.4, -0.2) is 23.8 Å². The van der Waals surface area contributed by atoms with E-state index in [1.54, 1.807) is 0 Å². The first-order valence-corrected chi connectivity index (χ1v) is 6.00. The zero-order chi connectivity index (χ0) is 12.2. The zero-order valence-electron chi connectivity index (χ0n) is 10.2. The zero-order valence-corrected chi connectivity index (χ0v) is 10.9. The molecule has 16 heavy (non-hydrogen) atoms. The highest BCUT2D eigenvalue weighted by Crippen LogP contribution is 2.22. The van der Waals surface area contributed by atoms with E-state index in [2.05, 4.69) is 5.32 Å². The van der Waals surface area contributed by atoms with Crippen LogP contribution in [0.4, 0.5) is 0 Å². The van der Waals surface area contributed by atoms with Crippen LogP contribution in [0.5, 0.6) is 0 Å². The first-order valence-electron chi connectivity index (χ1n) is 5.63. The maximum absolute atomic E-state index is 10.2. The fraction of sp³-hybridized carbons (Fsp3) is 0.538. The molecule has 90 valence electrons. The van der Waals surface area contributed by atoms with Crippen molar-refractivity contribution in [3.63, 3.8) is 0 Å². The highest BCUT2D eigenvalue weighted by atomic mass is 35.5. The minimum Gasteiger partial charge on any atom is -0.389 e. The van der Waals surface area contributed by atoms with Crippen molar-refractivity contribution in [3.05, 3.63) is 34.3 Å². The molecule has 1 unspecified atom stereocenters. The summed E-state index contributed by atoms with van der Waals surface area (Å²) in [6.45, 7) is 7.29. The number of aliphatic hydroxyl groups is 1. The van der Waals surface area contributed by atoms with Gasteiger partial charge in [-0.1, -0.05) is 30.7 Å². The van der Waals surface area contributed by atoms with Gasteiger partial charge >= 0.3 is 0 Å². The lowest BCUT2D eigenvalue weighted by atomic mass is 9.96. The highest BCUT2D eigenvalue weighted by molar-refractivity contribution is 6.31. The predicted molar refractivity (Wildman–Crippen MR) is 69.1 cm³/mol. The Bertz CT molecular complexity index is 350. The van der Waals surface area contributed by atoms with Crippen molar-refractivity contribution < 1.29 is 5.11 Å². The third kappa shape index (κ3) is 4.12. The number of aryl methyl sites for hydroxylation is 1. The number of rotatable bonds is 5. The molecule has 0 spiro atoms. The lowest BCUT2D eigenvalue weighted by molar-refractivity contribution is 0.0607. The van der Waals surface area contributed by atoms with Crippen molar-refractivity contribution >= 4 is 11.6 Å². The Morgan fingerprint density at radius 2 is 2.12 bits per heavy atom. The summed E-state index contributed by atoms with van der Waals surface area (Å²) in [7, 11) is 0. The summed E-state index contributed by atoms with van der Waals surface area (Å²) >= 11 is 6.14. The lowest BCUT2D eigenvalue weighted by Gasteiger charge is -2.24. The Labute approximate surface area is 103 Å². The molecule has 0 saturated carbocycles. The fourth-order valence-corrected chi connectivity index (χ4v) is 1.96. The Hall–Kier alpha value is -0.570. The Morgan fingerprint density at radius 3 is 2.69 bits per heavy atom. The first-order chi connectivity index (χ1) is 7.44. The average Bonchev–Trinajstić information content (AvgIpc) is 2.19. The van der Waals surface area contributed by atoms with Crippen molar-refractivity contribution in [3.8, 4) is 0 Å². The summed E-state index contributed by atoms with van der Waals surface area (Å²) < 4.78 is 0. The van der Waals surface area contributed by atoms with E-state index in [0.717, 1.165) is 22.7 Å². The van der Waals surface area contributed by atoms with Crippen LogP contribution in [-0.2, 0) is 6.42 Å². The van der Waals surface area contributed by atoms with Crippen molar-refractivity contribution in [2.75, 3.05) is 13.1 Å². The number of hydrogen-bond acceptors (Lipinski definition) is 2. The van der Waals surface area contributed by atoms with Gasteiger partial charge in [-0.15, -0.1) is 0 Å². The molecule has 0 radical (unpaired) electrons. The SMILES string of the molecule is CCNCC(C)(O)Cc1ccc(C)cc1Cl. The molecular formula is C13H20ClNO. The first kappa shape index (κ1) is 13.5. The van der Waals surface area contributed by atoms with Gasteiger partial charge in [0.15, 0.2) is 0 Å². The Kier molecular flexibility index (Phi) is 4.78. The van der Waals surface area contributed by atoms with Crippen LogP contribution in [0.1, 0.15) is 25.0 Å². The molecule has 0 bridgehead atoms. The molecule has 0 aromatic heterocycles. The second-order valence-electron chi connectivity index (χ2n) is 4.55. The molecule has 0 fully saturated rings. The van der Waals surface area contributed by atoms with E-state index in [0.29, 0.717) is 13.0 Å². The van der Waals surface area contributed by atoms with Crippen LogP contribution < -0.4 is 5.32 Å². The van der Waals surface area contributed by atoms with Crippen LogP contribution in [0.25, 0.3) is 0 Å². The van der Waals surface area contributed by atoms with Gasteiger partial charge in [-0.05, 0) is 37.6 Å². The molecule has 2 nitrogen and oxygen atoms in total. The van der Waals surface area contributed by atoms with E-state index in [-0.39, 0.29) is 0 Å². The second-order valence-corrected chi connectivity index (χ2v) is 4.96. The molecular weight excluding hydrogens is 222 g/mol. The molecule has 1 aromatic rings. The molecule has 0 heterocycles. The van der Waals surface area contributed by atoms with Crippen LogP contribution in [0.2, 0.25) is 5.02 Å². The van der Waals surface area contributed by atoms with E-state index in [9.17, 15) is 5.11 Å². The van der Waals surface area contributed by atoms with Crippen molar-refractivity contribution in [2.24, 2.45) is 0 Å². The fourth-order valence-electron chi connectivity index (χ4n) is 1.66. The second kappa shape index (κ2) is 5.67. The molecule has 1 rings (SSSR count). The lowest BCUT2D eigenvalue weighted by Crippen LogP contribution is -2.39. The average molecular weight is 242 g/mol. The molecule has 0 aliphatic heterocycles. The molecule has 0 aliphatic carbocycles. The van der Waals surface area contributed by atoms with Crippen LogP contribution >= 0.6 is 11.6 Å². The van der Waals surface area contributed by atoms with E-state index in [1.165, 1.54) is 0 Å². The van der Waals surface area contributed by atoms with Crippen LogP contribution in [0.3, 0.4) is 0 Å². The van der Waals surface area contributed by atoms with E-state index in [4.69, 9.17) is 11.6 Å². The van der Waals surface area contributed by atoms with Crippen LogP contribution in [0.15, 0.2) is 18.2 Å². The summed E-state index contributed by atoms with van der Waals surface area (Å²) in [5.41, 5.74) is 1.38. The van der Waals surface area contributed by atoms with E-state index in [1.807, 2.05) is 39.0 Å². The monoisotopic (exact) mass is 241 g/mol.